The van der Waals surface area contributed by atoms with Gasteiger partial charge in [-0.1, -0.05) is 0 Å². The Morgan fingerprint density at radius 2 is 1.36 bits per heavy atom. The van der Waals surface area contributed by atoms with Crippen LogP contribution in [-0.4, -0.2) is 18.1 Å². The molecule has 0 amide bonds. The van der Waals surface area contributed by atoms with Gasteiger partial charge in [-0.05, 0) is 6.92 Å². The molecular weight excluding hydrogens is 192 g/mol. The third-order valence-corrected chi connectivity index (χ3v) is 0.950. The van der Waals surface area contributed by atoms with E-state index in [2.05, 4.69) is 5.73 Å². The minimum Gasteiger partial charge on any atom is -0.323 e. The van der Waals surface area contributed by atoms with Gasteiger partial charge in [-0.25, -0.2) is 0 Å². The summed E-state index contributed by atoms with van der Waals surface area (Å²) in [6.45, 7) is 0.605. The van der Waals surface area contributed by atoms with Crippen molar-refractivity contribution in [3.05, 3.63) is 0 Å². The summed E-state index contributed by atoms with van der Waals surface area (Å²) in [5.74, 6) is -4.78. The van der Waals surface area contributed by atoms with E-state index in [0.717, 1.165) is 0 Å². The first-order valence-electron chi connectivity index (χ1n) is 2.39. The van der Waals surface area contributed by atoms with Crippen LogP contribution in [0.4, 0.5) is 22.0 Å². The van der Waals surface area contributed by atoms with Gasteiger partial charge in [-0.15, -0.1) is 12.4 Å². The molecule has 1 unspecified atom stereocenters. The van der Waals surface area contributed by atoms with Gasteiger partial charge in [0.1, 0.15) is 0 Å². The summed E-state index contributed by atoms with van der Waals surface area (Å²) in [4.78, 5) is 0. The molecule has 70 valence electrons. The van der Waals surface area contributed by atoms with Crippen LogP contribution in [0.15, 0.2) is 0 Å². The van der Waals surface area contributed by atoms with Gasteiger partial charge in [-0.3, -0.25) is 0 Å². The second-order valence-electron chi connectivity index (χ2n) is 1.91. The van der Waals surface area contributed by atoms with Crippen molar-refractivity contribution in [1.29, 1.82) is 0 Å². The van der Waals surface area contributed by atoms with Gasteiger partial charge >= 0.3 is 12.1 Å². The maximum absolute atomic E-state index is 11.8. The van der Waals surface area contributed by atoms with E-state index in [9.17, 15) is 22.0 Å². The quantitative estimate of drug-likeness (QED) is 0.642. The van der Waals surface area contributed by atoms with Gasteiger partial charge in [0.2, 0.25) is 0 Å². The number of nitrogens with two attached hydrogens (primary N) is 1. The molecule has 1 atom stereocenters. The van der Waals surface area contributed by atoms with E-state index >= 15 is 0 Å². The first-order valence-corrected chi connectivity index (χ1v) is 2.39. The normalized spacial score (nSPS) is 15.5. The SMILES string of the molecule is CC(N)C(F)(F)C(F)(F)F.Cl. The monoisotopic (exact) mass is 199 g/mol. The van der Waals surface area contributed by atoms with Crippen molar-refractivity contribution >= 4 is 12.4 Å². The standard InChI is InChI=1S/C4H6F5N.ClH/c1-2(10)3(5,6)4(7,8)9;/h2H,10H2,1H3;1H. The molecule has 0 spiro atoms. The van der Waals surface area contributed by atoms with Crippen molar-refractivity contribution in [2.75, 3.05) is 0 Å². The van der Waals surface area contributed by atoms with Crippen molar-refractivity contribution in [1.82, 2.24) is 0 Å². The number of hydrogen-bond acceptors (Lipinski definition) is 1. The van der Waals surface area contributed by atoms with Gasteiger partial charge < -0.3 is 5.73 Å². The number of alkyl halides is 5. The minimum absolute atomic E-state index is 0. The Morgan fingerprint density at radius 3 is 1.36 bits per heavy atom. The molecule has 0 radical (unpaired) electrons. The van der Waals surface area contributed by atoms with Crippen molar-refractivity contribution < 1.29 is 22.0 Å². The smallest absolute Gasteiger partial charge is 0.323 e. The molecule has 0 saturated heterocycles. The molecule has 0 aliphatic rings. The van der Waals surface area contributed by atoms with E-state index in [1.165, 1.54) is 0 Å². The van der Waals surface area contributed by atoms with Gasteiger partial charge in [0, 0.05) is 0 Å². The van der Waals surface area contributed by atoms with Crippen LogP contribution in [0.5, 0.6) is 0 Å². The molecule has 7 heteroatoms. The molecule has 0 aromatic rings. The van der Waals surface area contributed by atoms with E-state index in [4.69, 9.17) is 0 Å². The van der Waals surface area contributed by atoms with E-state index in [0.29, 0.717) is 6.92 Å². The summed E-state index contributed by atoms with van der Waals surface area (Å²) >= 11 is 0. The predicted octanol–water partition coefficient (Wildman–Crippen LogP) is 1.95. The third-order valence-electron chi connectivity index (χ3n) is 0.950. The topological polar surface area (TPSA) is 26.0 Å². The molecular formula is C4H7ClF5N. The average Bonchev–Trinajstić information content (AvgIpc) is 1.62. The zero-order valence-corrected chi connectivity index (χ0v) is 6.27. The Morgan fingerprint density at radius 1 is 1.09 bits per heavy atom. The molecule has 0 heterocycles. The number of hydrogen-bond donors (Lipinski definition) is 1. The maximum atomic E-state index is 11.8. The Kier molecular flexibility index (Phi) is 4.33. The van der Waals surface area contributed by atoms with Crippen LogP contribution in [0.25, 0.3) is 0 Å². The Bertz CT molecular complexity index is 120. The molecule has 11 heavy (non-hydrogen) atoms. The van der Waals surface area contributed by atoms with Crippen molar-refractivity contribution in [3.8, 4) is 0 Å². The third kappa shape index (κ3) is 2.78. The average molecular weight is 200 g/mol. The van der Waals surface area contributed by atoms with E-state index in [-0.39, 0.29) is 12.4 Å². The lowest BCUT2D eigenvalue weighted by Gasteiger charge is -2.22. The lowest BCUT2D eigenvalue weighted by atomic mass is 10.2. The molecule has 0 aromatic heterocycles. The van der Waals surface area contributed by atoms with Crippen molar-refractivity contribution in [3.63, 3.8) is 0 Å². The van der Waals surface area contributed by atoms with Crippen LogP contribution in [0.2, 0.25) is 0 Å². The lowest BCUT2D eigenvalue weighted by Crippen LogP contribution is -2.49. The Hall–Kier alpha value is -0.100. The Balaban J connectivity index is 0. The number of halogens is 6. The van der Waals surface area contributed by atoms with Crippen LogP contribution < -0.4 is 5.73 Å². The first kappa shape index (κ1) is 13.5. The molecule has 0 aliphatic carbocycles. The zero-order valence-electron chi connectivity index (χ0n) is 5.45. The lowest BCUT2D eigenvalue weighted by molar-refractivity contribution is -0.287. The van der Waals surface area contributed by atoms with Gasteiger partial charge in [-0.2, -0.15) is 22.0 Å². The highest BCUT2D eigenvalue weighted by molar-refractivity contribution is 5.85. The molecule has 0 fully saturated rings. The van der Waals surface area contributed by atoms with Crippen LogP contribution >= 0.6 is 12.4 Å². The fourth-order valence-electron chi connectivity index (χ4n) is 0.258. The van der Waals surface area contributed by atoms with Crippen LogP contribution in [0.1, 0.15) is 6.92 Å². The van der Waals surface area contributed by atoms with Gasteiger partial charge in [0.15, 0.2) is 0 Å². The van der Waals surface area contributed by atoms with Crippen LogP contribution in [-0.2, 0) is 0 Å². The Labute approximate surface area is 66.2 Å². The molecule has 0 aliphatic heterocycles. The summed E-state index contributed by atoms with van der Waals surface area (Å²) in [5, 5.41) is 0. The largest absolute Gasteiger partial charge is 0.454 e. The molecule has 0 saturated carbocycles. The second-order valence-corrected chi connectivity index (χ2v) is 1.91. The maximum Gasteiger partial charge on any atom is 0.454 e. The summed E-state index contributed by atoms with van der Waals surface area (Å²) < 4.78 is 57.4. The molecule has 0 rings (SSSR count). The van der Waals surface area contributed by atoms with Crippen molar-refractivity contribution in [2.24, 2.45) is 5.73 Å². The second kappa shape index (κ2) is 3.53. The number of rotatable bonds is 1. The highest BCUT2D eigenvalue weighted by Crippen LogP contribution is 2.36. The predicted molar refractivity (Wildman–Crippen MR) is 31.9 cm³/mol. The molecule has 1 nitrogen and oxygen atoms in total. The fraction of sp³-hybridized carbons (Fsp3) is 1.00. The summed E-state index contributed by atoms with van der Waals surface area (Å²) in [7, 11) is 0. The van der Waals surface area contributed by atoms with E-state index < -0.39 is 18.1 Å². The van der Waals surface area contributed by atoms with Gasteiger partial charge in [0.05, 0.1) is 6.04 Å². The summed E-state index contributed by atoms with van der Waals surface area (Å²) in [6, 6.07) is -2.20. The summed E-state index contributed by atoms with van der Waals surface area (Å²) in [6.07, 6.45) is -5.54. The van der Waals surface area contributed by atoms with Crippen LogP contribution in [0.3, 0.4) is 0 Å². The van der Waals surface area contributed by atoms with E-state index in [1.807, 2.05) is 0 Å². The fourth-order valence-corrected chi connectivity index (χ4v) is 0.258. The first-order chi connectivity index (χ1) is 4.19. The van der Waals surface area contributed by atoms with Crippen LogP contribution in [0, 0.1) is 0 Å². The molecule has 2 N–H and O–H groups in total. The summed E-state index contributed by atoms with van der Waals surface area (Å²) in [5.41, 5.74) is 4.39. The molecule has 0 aromatic carbocycles. The molecule has 0 bridgehead atoms. The van der Waals surface area contributed by atoms with E-state index in [1.54, 1.807) is 0 Å². The highest BCUT2D eigenvalue weighted by Gasteiger charge is 2.59. The minimum atomic E-state index is -5.54. The van der Waals surface area contributed by atoms with Gasteiger partial charge in [0.25, 0.3) is 0 Å². The van der Waals surface area contributed by atoms with Crippen molar-refractivity contribution in [2.45, 2.75) is 25.1 Å². The highest BCUT2D eigenvalue weighted by atomic mass is 35.5. The zero-order chi connectivity index (χ0) is 8.58.